The molecule has 0 heterocycles. The highest BCUT2D eigenvalue weighted by molar-refractivity contribution is 6.21. The molecule has 0 amide bonds. The first-order valence-electron chi connectivity index (χ1n) is 5.46. The molecule has 1 aromatic carbocycles. The van der Waals surface area contributed by atoms with Crippen molar-refractivity contribution in [2.45, 2.75) is 31.6 Å². The summed E-state index contributed by atoms with van der Waals surface area (Å²) in [6.07, 6.45) is 2.93. The van der Waals surface area contributed by atoms with Crippen molar-refractivity contribution in [1.82, 2.24) is 0 Å². The summed E-state index contributed by atoms with van der Waals surface area (Å²) in [5, 5.41) is 10.9. The third-order valence-electron chi connectivity index (χ3n) is 3.11. The largest absolute Gasteiger partial charge is 0.272 e. The first-order valence-corrected chi connectivity index (χ1v) is 5.90. The smallest absolute Gasteiger partial charge is 0.258 e. The van der Waals surface area contributed by atoms with Gasteiger partial charge in [0.25, 0.3) is 5.69 Å². The van der Waals surface area contributed by atoms with Crippen molar-refractivity contribution in [2.24, 2.45) is 5.92 Å². The van der Waals surface area contributed by atoms with Crippen LogP contribution in [-0.2, 0) is 6.42 Å². The van der Waals surface area contributed by atoms with Crippen molar-refractivity contribution in [2.75, 3.05) is 0 Å². The molecule has 16 heavy (non-hydrogen) atoms. The minimum atomic E-state index is -0.321. The number of benzene rings is 1. The molecule has 0 saturated heterocycles. The Bertz CT molecular complexity index is 415. The van der Waals surface area contributed by atoms with E-state index >= 15 is 0 Å². The van der Waals surface area contributed by atoms with Crippen LogP contribution in [0.3, 0.4) is 0 Å². The van der Waals surface area contributed by atoms with Gasteiger partial charge < -0.3 is 0 Å². The average molecular weight is 240 g/mol. The highest BCUT2D eigenvalue weighted by Crippen LogP contribution is 2.38. The van der Waals surface area contributed by atoms with Crippen LogP contribution in [-0.4, -0.2) is 10.3 Å². The van der Waals surface area contributed by atoms with E-state index in [2.05, 4.69) is 0 Å². The minimum absolute atomic E-state index is 0.0415. The van der Waals surface area contributed by atoms with Crippen LogP contribution in [0.2, 0.25) is 0 Å². The molecule has 1 saturated carbocycles. The van der Waals surface area contributed by atoms with E-state index in [1.807, 2.05) is 13.0 Å². The number of halogens is 1. The molecule has 0 bridgehead atoms. The molecule has 3 nitrogen and oxygen atoms in total. The van der Waals surface area contributed by atoms with Gasteiger partial charge in [-0.05, 0) is 37.7 Å². The van der Waals surface area contributed by atoms with Gasteiger partial charge in [-0.2, -0.15) is 0 Å². The van der Waals surface area contributed by atoms with Crippen LogP contribution in [0.4, 0.5) is 5.69 Å². The topological polar surface area (TPSA) is 43.1 Å². The van der Waals surface area contributed by atoms with Crippen LogP contribution < -0.4 is 0 Å². The molecule has 0 N–H and O–H groups in total. The van der Waals surface area contributed by atoms with Crippen molar-refractivity contribution >= 4 is 17.3 Å². The van der Waals surface area contributed by atoms with Gasteiger partial charge in [-0.25, -0.2) is 0 Å². The zero-order valence-corrected chi connectivity index (χ0v) is 9.91. The number of nitro groups is 1. The molecule has 86 valence electrons. The maximum absolute atomic E-state index is 10.9. The summed E-state index contributed by atoms with van der Waals surface area (Å²) in [6, 6.07) is 5.18. The fourth-order valence-corrected chi connectivity index (χ4v) is 2.35. The lowest BCUT2D eigenvalue weighted by molar-refractivity contribution is -0.385. The molecule has 1 aliphatic rings. The van der Waals surface area contributed by atoms with Gasteiger partial charge in [0.15, 0.2) is 0 Å². The summed E-state index contributed by atoms with van der Waals surface area (Å²) in [4.78, 5) is 10.6. The van der Waals surface area contributed by atoms with E-state index in [0.29, 0.717) is 12.3 Å². The Morgan fingerprint density at radius 2 is 2.25 bits per heavy atom. The van der Waals surface area contributed by atoms with E-state index in [9.17, 15) is 10.1 Å². The van der Waals surface area contributed by atoms with Crippen molar-refractivity contribution in [3.05, 3.63) is 39.4 Å². The number of hydrogen-bond donors (Lipinski definition) is 0. The minimum Gasteiger partial charge on any atom is -0.258 e. The van der Waals surface area contributed by atoms with Gasteiger partial charge in [-0.3, -0.25) is 10.1 Å². The Morgan fingerprint density at radius 1 is 1.56 bits per heavy atom. The quantitative estimate of drug-likeness (QED) is 0.459. The van der Waals surface area contributed by atoms with Gasteiger partial charge in [0.05, 0.1) is 4.92 Å². The first kappa shape index (κ1) is 11.4. The number of alkyl halides is 1. The van der Waals surface area contributed by atoms with Gasteiger partial charge in [0.1, 0.15) is 0 Å². The number of rotatable bonds is 4. The van der Waals surface area contributed by atoms with Gasteiger partial charge in [0, 0.05) is 17.0 Å². The molecule has 0 spiro atoms. The fourth-order valence-electron chi connectivity index (χ4n) is 1.94. The lowest BCUT2D eigenvalue weighted by Crippen LogP contribution is -2.09. The summed E-state index contributed by atoms with van der Waals surface area (Å²) in [6.45, 7) is 1.90. The molecule has 1 fully saturated rings. The Balaban J connectivity index is 2.26. The van der Waals surface area contributed by atoms with Crippen molar-refractivity contribution in [1.29, 1.82) is 0 Å². The molecule has 2 rings (SSSR count). The number of nitrogens with zero attached hydrogens (tertiary/aromatic N) is 1. The van der Waals surface area contributed by atoms with Gasteiger partial charge >= 0.3 is 0 Å². The molecular formula is C12H14ClNO2. The SMILES string of the molecule is Cc1cccc([N+](=O)[O-])c1CC(Cl)C1CC1. The Kier molecular flexibility index (Phi) is 3.15. The monoisotopic (exact) mass is 239 g/mol. The standard InChI is InChI=1S/C12H14ClNO2/c1-8-3-2-4-12(14(15)16)10(8)7-11(13)9-5-6-9/h2-4,9,11H,5-7H2,1H3. The van der Waals surface area contributed by atoms with E-state index in [0.717, 1.165) is 24.0 Å². The summed E-state index contributed by atoms with van der Waals surface area (Å²) in [5.41, 5.74) is 1.95. The third kappa shape index (κ3) is 2.35. The summed E-state index contributed by atoms with van der Waals surface area (Å²) in [5.74, 6) is 0.556. The van der Waals surface area contributed by atoms with Crippen LogP contribution >= 0.6 is 11.6 Å². The predicted molar refractivity (Wildman–Crippen MR) is 63.9 cm³/mol. The molecule has 1 aromatic rings. The van der Waals surface area contributed by atoms with Crippen molar-refractivity contribution in [3.63, 3.8) is 0 Å². The van der Waals surface area contributed by atoms with Crippen molar-refractivity contribution < 1.29 is 4.92 Å². The van der Waals surface area contributed by atoms with Crippen LogP contribution in [0.5, 0.6) is 0 Å². The van der Waals surface area contributed by atoms with Crippen LogP contribution in [0.1, 0.15) is 24.0 Å². The van der Waals surface area contributed by atoms with E-state index in [4.69, 9.17) is 11.6 Å². The van der Waals surface area contributed by atoms with Gasteiger partial charge in [0.2, 0.25) is 0 Å². The maximum atomic E-state index is 10.9. The second-order valence-electron chi connectivity index (χ2n) is 4.39. The third-order valence-corrected chi connectivity index (χ3v) is 3.63. The lowest BCUT2D eigenvalue weighted by atomic mass is 10.00. The Labute approximate surface area is 99.6 Å². The molecule has 1 aliphatic carbocycles. The Morgan fingerprint density at radius 3 is 2.81 bits per heavy atom. The highest BCUT2D eigenvalue weighted by Gasteiger charge is 2.31. The molecule has 0 radical (unpaired) electrons. The zero-order valence-electron chi connectivity index (χ0n) is 9.15. The molecular weight excluding hydrogens is 226 g/mol. The summed E-state index contributed by atoms with van der Waals surface area (Å²) < 4.78 is 0. The normalized spacial score (nSPS) is 17.1. The highest BCUT2D eigenvalue weighted by atomic mass is 35.5. The summed E-state index contributed by atoms with van der Waals surface area (Å²) in [7, 11) is 0. The van der Waals surface area contributed by atoms with Crippen LogP contribution in [0, 0.1) is 23.0 Å². The molecule has 0 aromatic heterocycles. The number of nitro benzene ring substituents is 1. The van der Waals surface area contributed by atoms with Gasteiger partial charge in [-0.15, -0.1) is 11.6 Å². The Hall–Kier alpha value is -1.09. The van der Waals surface area contributed by atoms with E-state index in [-0.39, 0.29) is 16.0 Å². The fraction of sp³-hybridized carbons (Fsp3) is 0.500. The maximum Gasteiger partial charge on any atom is 0.272 e. The second-order valence-corrected chi connectivity index (χ2v) is 4.95. The number of aryl methyl sites for hydroxylation is 1. The average Bonchev–Trinajstić information content (AvgIpc) is 3.03. The first-order chi connectivity index (χ1) is 7.59. The zero-order chi connectivity index (χ0) is 11.7. The predicted octanol–water partition coefficient (Wildman–Crippen LogP) is 3.46. The molecule has 0 aliphatic heterocycles. The van der Waals surface area contributed by atoms with E-state index < -0.39 is 0 Å². The van der Waals surface area contributed by atoms with Crippen LogP contribution in [0.15, 0.2) is 18.2 Å². The summed E-state index contributed by atoms with van der Waals surface area (Å²) >= 11 is 6.24. The molecule has 1 unspecified atom stereocenters. The van der Waals surface area contributed by atoms with E-state index in [1.165, 1.54) is 0 Å². The van der Waals surface area contributed by atoms with Crippen molar-refractivity contribution in [3.8, 4) is 0 Å². The second kappa shape index (κ2) is 4.42. The van der Waals surface area contributed by atoms with Gasteiger partial charge in [-0.1, -0.05) is 12.1 Å². The lowest BCUT2D eigenvalue weighted by Gasteiger charge is -2.10. The molecule has 4 heteroatoms. The molecule has 1 atom stereocenters. The van der Waals surface area contributed by atoms with E-state index in [1.54, 1.807) is 12.1 Å². The number of hydrogen-bond acceptors (Lipinski definition) is 2. The van der Waals surface area contributed by atoms with Crippen LogP contribution in [0.25, 0.3) is 0 Å².